The maximum absolute atomic E-state index is 14.1. The van der Waals surface area contributed by atoms with Gasteiger partial charge >= 0.3 is 0 Å². The van der Waals surface area contributed by atoms with Crippen molar-refractivity contribution in [1.29, 1.82) is 0 Å². The molecule has 2 heterocycles. The lowest BCUT2D eigenvalue weighted by Gasteiger charge is -2.39. The number of aryl methyl sites for hydroxylation is 2. The Morgan fingerprint density at radius 3 is 2.12 bits per heavy atom. The van der Waals surface area contributed by atoms with Crippen molar-refractivity contribution in [2.24, 2.45) is 7.05 Å². The zero-order valence-electron chi connectivity index (χ0n) is 19.5. The van der Waals surface area contributed by atoms with Gasteiger partial charge in [-0.2, -0.15) is 0 Å². The maximum atomic E-state index is 14.1. The lowest BCUT2D eigenvalue weighted by molar-refractivity contribution is -0.125. The number of nitrogens with one attached hydrogen (secondary N) is 1. The predicted molar refractivity (Wildman–Crippen MR) is 135 cm³/mol. The summed E-state index contributed by atoms with van der Waals surface area (Å²) in [4.78, 5) is 14.1. The molecular formula is C30H30N2O2. The van der Waals surface area contributed by atoms with Crippen molar-refractivity contribution in [3.63, 3.8) is 0 Å². The first-order chi connectivity index (χ1) is 16.7. The molecule has 0 saturated heterocycles. The minimum absolute atomic E-state index is 0.0398. The molecule has 172 valence electrons. The van der Waals surface area contributed by atoms with Crippen LogP contribution in [0.2, 0.25) is 0 Å². The second kappa shape index (κ2) is 9.60. The average molecular weight is 451 g/mol. The normalized spacial score (nSPS) is 13.4. The molecule has 1 aromatic heterocycles. The lowest BCUT2D eigenvalue weighted by atomic mass is 9.68. The Kier molecular flexibility index (Phi) is 6.22. The summed E-state index contributed by atoms with van der Waals surface area (Å²) in [6.07, 6.45) is 5.33. The molecule has 1 amide bonds. The molecule has 0 saturated carbocycles. The number of ether oxygens (including phenoxy) is 1. The molecule has 0 fully saturated rings. The van der Waals surface area contributed by atoms with Gasteiger partial charge in [-0.1, -0.05) is 66.7 Å². The molecule has 3 aromatic carbocycles. The largest absolute Gasteiger partial charge is 0.457 e. The van der Waals surface area contributed by atoms with Gasteiger partial charge in [-0.15, -0.1) is 0 Å². The van der Waals surface area contributed by atoms with E-state index < -0.39 is 5.41 Å². The van der Waals surface area contributed by atoms with Gasteiger partial charge in [0.2, 0.25) is 5.91 Å². The topological polar surface area (TPSA) is 43.3 Å². The van der Waals surface area contributed by atoms with E-state index in [2.05, 4.69) is 40.2 Å². The summed E-state index contributed by atoms with van der Waals surface area (Å²) in [7, 11) is 2.03. The van der Waals surface area contributed by atoms with E-state index in [9.17, 15) is 4.79 Å². The second-order valence-corrected chi connectivity index (χ2v) is 8.96. The van der Waals surface area contributed by atoms with Gasteiger partial charge in [-0.25, -0.2) is 0 Å². The van der Waals surface area contributed by atoms with Gasteiger partial charge in [0.25, 0.3) is 0 Å². The molecule has 0 radical (unpaired) electrons. The number of carbonyl (C=O) groups excluding carboxylic acids is 1. The van der Waals surface area contributed by atoms with Crippen LogP contribution < -0.4 is 10.1 Å². The van der Waals surface area contributed by atoms with Crippen LogP contribution in [0.1, 0.15) is 35.2 Å². The van der Waals surface area contributed by atoms with Crippen LogP contribution in [0.4, 0.5) is 0 Å². The van der Waals surface area contributed by atoms with Crippen molar-refractivity contribution < 1.29 is 9.53 Å². The van der Waals surface area contributed by atoms with Crippen molar-refractivity contribution in [3.8, 4) is 11.5 Å². The van der Waals surface area contributed by atoms with Crippen LogP contribution >= 0.6 is 0 Å². The van der Waals surface area contributed by atoms with Gasteiger partial charge < -0.3 is 14.6 Å². The molecule has 34 heavy (non-hydrogen) atoms. The van der Waals surface area contributed by atoms with Gasteiger partial charge in [0.1, 0.15) is 16.9 Å². The van der Waals surface area contributed by atoms with E-state index in [-0.39, 0.29) is 5.91 Å². The van der Waals surface area contributed by atoms with Crippen molar-refractivity contribution in [2.45, 2.75) is 31.1 Å². The molecular weight excluding hydrogens is 420 g/mol. The van der Waals surface area contributed by atoms with Crippen molar-refractivity contribution >= 4 is 5.91 Å². The summed E-state index contributed by atoms with van der Waals surface area (Å²) in [5.74, 6) is 1.56. The van der Waals surface area contributed by atoms with Crippen molar-refractivity contribution in [3.05, 3.63) is 120 Å². The second-order valence-electron chi connectivity index (χ2n) is 8.96. The standard InChI is InChI=1S/C30H30N2O2/c1-32-22-10-14-24(32)19-21-31-29(33)30(20-9-13-23-11-3-2-4-12-23)25-15-5-7-17-27(25)34-28-18-8-6-16-26(28)30/h2-8,10-12,14-18,22H,9,13,19-21H2,1H3,(H,31,33). The van der Waals surface area contributed by atoms with Gasteiger partial charge in [0.05, 0.1) is 0 Å². The molecule has 4 aromatic rings. The van der Waals surface area contributed by atoms with Crippen LogP contribution in [0.15, 0.2) is 97.2 Å². The molecule has 0 aliphatic carbocycles. The smallest absolute Gasteiger partial charge is 0.235 e. The molecule has 0 spiro atoms. The SMILES string of the molecule is Cn1cccc1CCNC(=O)C1(CCCc2ccccc2)c2ccccc2Oc2ccccc21. The highest BCUT2D eigenvalue weighted by Crippen LogP contribution is 2.50. The monoisotopic (exact) mass is 450 g/mol. The molecule has 5 rings (SSSR count). The fourth-order valence-electron chi connectivity index (χ4n) is 5.12. The van der Waals surface area contributed by atoms with Crippen molar-refractivity contribution in [1.82, 2.24) is 9.88 Å². The first-order valence-electron chi connectivity index (χ1n) is 12.0. The van der Waals surface area contributed by atoms with E-state index in [1.807, 2.05) is 73.9 Å². The van der Waals surface area contributed by atoms with Crippen molar-refractivity contribution in [2.75, 3.05) is 6.54 Å². The summed E-state index contributed by atoms with van der Waals surface area (Å²) in [5, 5.41) is 3.28. The Bertz CT molecular complexity index is 1230. The van der Waals surface area contributed by atoms with Crippen LogP contribution in [0, 0.1) is 0 Å². The number of hydrogen-bond donors (Lipinski definition) is 1. The van der Waals surface area contributed by atoms with Gasteiger partial charge in [0, 0.05) is 43.0 Å². The summed E-state index contributed by atoms with van der Waals surface area (Å²) in [5.41, 5.74) is 3.58. The van der Waals surface area contributed by atoms with Crippen LogP contribution in [0.3, 0.4) is 0 Å². The fourth-order valence-corrected chi connectivity index (χ4v) is 5.12. The van der Waals surface area contributed by atoms with E-state index in [0.717, 1.165) is 41.9 Å². The first kappa shape index (κ1) is 22.0. The third-order valence-corrected chi connectivity index (χ3v) is 6.88. The summed E-state index contributed by atoms with van der Waals surface area (Å²) in [6, 6.07) is 30.6. The minimum Gasteiger partial charge on any atom is -0.457 e. The Labute approximate surface area is 201 Å². The number of aromatic nitrogens is 1. The summed E-state index contributed by atoms with van der Waals surface area (Å²) in [6.45, 7) is 0.586. The minimum atomic E-state index is -0.797. The van der Waals surface area contributed by atoms with E-state index >= 15 is 0 Å². The molecule has 0 unspecified atom stereocenters. The number of nitrogens with zero attached hydrogens (tertiary/aromatic N) is 1. The Morgan fingerprint density at radius 1 is 0.824 bits per heavy atom. The predicted octanol–water partition coefficient (Wildman–Crippen LogP) is 5.80. The number of amides is 1. The number of fused-ring (bicyclic) bond motifs is 2. The Balaban J connectivity index is 1.48. The van der Waals surface area contributed by atoms with E-state index in [0.29, 0.717) is 13.0 Å². The quantitative estimate of drug-likeness (QED) is 0.369. The third-order valence-electron chi connectivity index (χ3n) is 6.88. The summed E-state index contributed by atoms with van der Waals surface area (Å²) >= 11 is 0. The maximum Gasteiger partial charge on any atom is 0.235 e. The number of benzene rings is 3. The highest BCUT2D eigenvalue weighted by Gasteiger charge is 2.47. The zero-order valence-corrected chi connectivity index (χ0v) is 19.5. The highest BCUT2D eigenvalue weighted by molar-refractivity contribution is 5.94. The van der Waals surface area contributed by atoms with E-state index in [4.69, 9.17) is 4.74 Å². The molecule has 4 heteroatoms. The number of hydrogen-bond acceptors (Lipinski definition) is 2. The third kappa shape index (κ3) is 4.12. The average Bonchev–Trinajstić information content (AvgIpc) is 3.28. The molecule has 1 aliphatic heterocycles. The highest BCUT2D eigenvalue weighted by atomic mass is 16.5. The number of rotatable bonds is 8. The van der Waals surface area contributed by atoms with Crippen LogP contribution in [-0.4, -0.2) is 17.0 Å². The lowest BCUT2D eigenvalue weighted by Crippen LogP contribution is -2.47. The fraction of sp³-hybridized carbons (Fsp3) is 0.233. The Hall–Kier alpha value is -3.79. The van der Waals surface area contributed by atoms with E-state index in [1.165, 1.54) is 11.3 Å². The van der Waals surface area contributed by atoms with Gasteiger partial charge in [0.15, 0.2) is 0 Å². The first-order valence-corrected chi connectivity index (χ1v) is 12.0. The van der Waals surface area contributed by atoms with Crippen LogP contribution in [-0.2, 0) is 30.1 Å². The summed E-state index contributed by atoms with van der Waals surface area (Å²) < 4.78 is 8.34. The van der Waals surface area contributed by atoms with Gasteiger partial charge in [-0.3, -0.25) is 4.79 Å². The molecule has 4 nitrogen and oxygen atoms in total. The molecule has 0 atom stereocenters. The molecule has 1 N–H and O–H groups in total. The molecule has 0 bridgehead atoms. The Morgan fingerprint density at radius 2 is 1.47 bits per heavy atom. The number of carbonyl (C=O) groups is 1. The van der Waals surface area contributed by atoms with Crippen LogP contribution in [0.25, 0.3) is 0 Å². The molecule has 1 aliphatic rings. The zero-order chi connectivity index (χ0) is 23.4. The number of para-hydroxylation sites is 2. The van der Waals surface area contributed by atoms with Gasteiger partial charge in [-0.05, 0) is 49.1 Å². The van der Waals surface area contributed by atoms with Crippen LogP contribution in [0.5, 0.6) is 11.5 Å². The van der Waals surface area contributed by atoms with E-state index in [1.54, 1.807) is 0 Å².